The molecule has 1 aliphatic rings. The van der Waals surface area contributed by atoms with Gasteiger partial charge in [0.25, 0.3) is 0 Å². The van der Waals surface area contributed by atoms with Gasteiger partial charge in [-0.1, -0.05) is 12.1 Å². The van der Waals surface area contributed by atoms with Crippen molar-refractivity contribution in [1.82, 2.24) is 9.38 Å². The Bertz CT molecular complexity index is 803. The molecule has 4 rings (SSSR count). The predicted molar refractivity (Wildman–Crippen MR) is 81.5 cm³/mol. The molecule has 2 heterocycles. The van der Waals surface area contributed by atoms with Crippen LogP contribution in [0.2, 0.25) is 0 Å². The van der Waals surface area contributed by atoms with Crippen LogP contribution in [0.15, 0.2) is 24.3 Å². The molecule has 0 fully saturated rings. The van der Waals surface area contributed by atoms with E-state index >= 15 is 0 Å². The van der Waals surface area contributed by atoms with Gasteiger partial charge in [0.15, 0.2) is 4.96 Å². The second-order valence-electron chi connectivity index (χ2n) is 5.02. The van der Waals surface area contributed by atoms with Crippen molar-refractivity contribution in [1.29, 1.82) is 0 Å². The van der Waals surface area contributed by atoms with Gasteiger partial charge in [-0.3, -0.25) is 4.40 Å². The molecule has 20 heavy (non-hydrogen) atoms. The number of nitrogen functional groups attached to an aromatic ring is 1. The van der Waals surface area contributed by atoms with Crippen LogP contribution < -0.4 is 10.5 Å². The minimum Gasteiger partial charge on any atom is -0.497 e. The summed E-state index contributed by atoms with van der Waals surface area (Å²) in [6.45, 7) is 0. The topological polar surface area (TPSA) is 52.5 Å². The number of aryl methyl sites for hydroxylation is 2. The molecule has 0 saturated heterocycles. The molecule has 5 heteroatoms. The van der Waals surface area contributed by atoms with Crippen LogP contribution in [-0.4, -0.2) is 16.5 Å². The highest BCUT2D eigenvalue weighted by Crippen LogP contribution is 2.37. The first-order valence-electron chi connectivity index (χ1n) is 6.71. The van der Waals surface area contributed by atoms with Gasteiger partial charge in [0.1, 0.15) is 17.3 Å². The molecule has 2 aromatic heterocycles. The number of hydrogen-bond acceptors (Lipinski definition) is 4. The Kier molecular flexibility index (Phi) is 2.50. The summed E-state index contributed by atoms with van der Waals surface area (Å²) in [6, 6.07) is 7.88. The van der Waals surface area contributed by atoms with Crippen LogP contribution in [0.3, 0.4) is 0 Å². The molecular weight excluding hydrogens is 270 g/mol. The molecule has 0 unspecified atom stereocenters. The summed E-state index contributed by atoms with van der Waals surface area (Å²) in [4.78, 5) is 7.17. The van der Waals surface area contributed by atoms with E-state index in [1.807, 2.05) is 24.3 Å². The zero-order valence-electron chi connectivity index (χ0n) is 11.2. The zero-order valence-corrected chi connectivity index (χ0v) is 12.0. The Labute approximate surface area is 120 Å². The highest BCUT2D eigenvalue weighted by Gasteiger charge is 2.22. The van der Waals surface area contributed by atoms with Crippen LogP contribution in [0.5, 0.6) is 5.75 Å². The number of benzene rings is 1. The Morgan fingerprint density at radius 3 is 3.10 bits per heavy atom. The van der Waals surface area contributed by atoms with Gasteiger partial charge >= 0.3 is 0 Å². The number of fused-ring (bicyclic) bond motifs is 3. The maximum absolute atomic E-state index is 6.35. The second kappa shape index (κ2) is 4.24. The summed E-state index contributed by atoms with van der Waals surface area (Å²) in [5.41, 5.74) is 9.55. The van der Waals surface area contributed by atoms with Gasteiger partial charge in [0.2, 0.25) is 0 Å². The first-order valence-corrected chi connectivity index (χ1v) is 7.52. The van der Waals surface area contributed by atoms with Crippen molar-refractivity contribution in [2.24, 2.45) is 0 Å². The summed E-state index contributed by atoms with van der Waals surface area (Å²) in [5, 5.41) is 0. The number of rotatable bonds is 2. The van der Waals surface area contributed by atoms with Crippen LogP contribution in [0.25, 0.3) is 16.2 Å². The molecule has 0 saturated carbocycles. The van der Waals surface area contributed by atoms with Crippen LogP contribution >= 0.6 is 11.3 Å². The molecule has 4 nitrogen and oxygen atoms in total. The average molecular weight is 285 g/mol. The van der Waals surface area contributed by atoms with Crippen LogP contribution in [0.1, 0.15) is 17.0 Å². The second-order valence-corrected chi connectivity index (χ2v) is 6.08. The van der Waals surface area contributed by atoms with E-state index in [1.165, 1.54) is 17.0 Å². The van der Waals surface area contributed by atoms with E-state index in [0.717, 1.165) is 40.6 Å². The standard InChI is InChI=1S/C15H15N3OS/c1-19-10-5-2-4-9(8-10)13-14(16)18-11-6-3-7-12(11)20-15(18)17-13/h2,4-5,8H,3,6-7,16H2,1H3. The van der Waals surface area contributed by atoms with E-state index in [9.17, 15) is 0 Å². The van der Waals surface area contributed by atoms with Crippen molar-refractivity contribution in [3.63, 3.8) is 0 Å². The number of methoxy groups -OCH3 is 1. The van der Waals surface area contributed by atoms with Crippen molar-refractivity contribution in [2.75, 3.05) is 12.8 Å². The number of nitrogens with zero attached hydrogens (tertiary/aromatic N) is 2. The molecule has 3 aromatic rings. The third-order valence-corrected chi connectivity index (χ3v) is 4.99. The number of hydrogen-bond donors (Lipinski definition) is 1. The Morgan fingerprint density at radius 2 is 2.25 bits per heavy atom. The fourth-order valence-electron chi connectivity index (χ4n) is 2.88. The van der Waals surface area contributed by atoms with E-state index in [1.54, 1.807) is 18.4 Å². The van der Waals surface area contributed by atoms with Crippen LogP contribution in [0, 0.1) is 0 Å². The number of imidazole rings is 1. The SMILES string of the molecule is COc1cccc(-c2nc3sc4c(n3c2N)CCC4)c1. The van der Waals surface area contributed by atoms with Gasteiger partial charge in [0.05, 0.1) is 7.11 Å². The van der Waals surface area contributed by atoms with E-state index in [-0.39, 0.29) is 0 Å². The molecule has 102 valence electrons. The molecule has 0 amide bonds. The molecule has 0 radical (unpaired) electrons. The molecule has 1 aromatic carbocycles. The Balaban J connectivity index is 1.92. The van der Waals surface area contributed by atoms with Gasteiger partial charge in [-0.2, -0.15) is 0 Å². The number of aromatic nitrogens is 2. The van der Waals surface area contributed by atoms with Crippen molar-refractivity contribution in [3.05, 3.63) is 34.8 Å². The summed E-state index contributed by atoms with van der Waals surface area (Å²) in [7, 11) is 1.67. The first-order chi connectivity index (χ1) is 9.78. The highest BCUT2D eigenvalue weighted by molar-refractivity contribution is 7.17. The van der Waals surface area contributed by atoms with Crippen LogP contribution in [-0.2, 0) is 12.8 Å². The average Bonchev–Trinajstić information content (AvgIpc) is 3.11. The lowest BCUT2D eigenvalue weighted by Crippen LogP contribution is -1.97. The van der Waals surface area contributed by atoms with Gasteiger partial charge in [-0.25, -0.2) is 4.98 Å². The summed E-state index contributed by atoms with van der Waals surface area (Å²) < 4.78 is 7.40. The summed E-state index contributed by atoms with van der Waals surface area (Å²) in [6.07, 6.45) is 3.49. The lowest BCUT2D eigenvalue weighted by Gasteiger charge is -2.03. The Hall–Kier alpha value is -2.01. The fraction of sp³-hybridized carbons (Fsp3) is 0.267. The number of ether oxygens (including phenoxy) is 1. The van der Waals surface area contributed by atoms with E-state index in [2.05, 4.69) is 4.40 Å². The quantitative estimate of drug-likeness (QED) is 0.787. The number of nitrogens with two attached hydrogens (primary N) is 1. The summed E-state index contributed by atoms with van der Waals surface area (Å²) in [5.74, 6) is 1.57. The van der Waals surface area contributed by atoms with Crippen LogP contribution in [0.4, 0.5) is 5.82 Å². The predicted octanol–water partition coefficient (Wildman–Crippen LogP) is 3.14. The molecule has 0 atom stereocenters. The number of anilines is 1. The maximum atomic E-state index is 6.35. The third kappa shape index (κ3) is 1.56. The lowest BCUT2D eigenvalue weighted by molar-refractivity contribution is 0.415. The molecule has 0 bridgehead atoms. The molecular formula is C15H15N3OS. The highest BCUT2D eigenvalue weighted by atomic mass is 32.1. The molecule has 0 aliphatic heterocycles. The normalized spacial score (nSPS) is 13.8. The minimum absolute atomic E-state index is 0.743. The van der Waals surface area contributed by atoms with E-state index in [4.69, 9.17) is 15.5 Å². The van der Waals surface area contributed by atoms with Gasteiger partial charge in [-0.05, 0) is 31.4 Å². The van der Waals surface area contributed by atoms with Crippen molar-refractivity contribution >= 4 is 22.1 Å². The maximum Gasteiger partial charge on any atom is 0.196 e. The third-order valence-electron chi connectivity index (χ3n) is 3.85. The molecule has 1 aliphatic carbocycles. The first kappa shape index (κ1) is 11.8. The molecule has 0 spiro atoms. The molecule has 2 N–H and O–H groups in total. The van der Waals surface area contributed by atoms with Gasteiger partial charge in [-0.15, -0.1) is 11.3 Å². The van der Waals surface area contributed by atoms with Gasteiger partial charge < -0.3 is 10.5 Å². The number of thiazole rings is 1. The van der Waals surface area contributed by atoms with Gasteiger partial charge in [0, 0.05) is 16.1 Å². The van der Waals surface area contributed by atoms with E-state index < -0.39 is 0 Å². The largest absolute Gasteiger partial charge is 0.497 e. The smallest absolute Gasteiger partial charge is 0.196 e. The van der Waals surface area contributed by atoms with Crippen molar-refractivity contribution < 1.29 is 4.74 Å². The minimum atomic E-state index is 0.743. The summed E-state index contributed by atoms with van der Waals surface area (Å²) >= 11 is 1.77. The van der Waals surface area contributed by atoms with Crippen molar-refractivity contribution in [3.8, 4) is 17.0 Å². The van der Waals surface area contributed by atoms with E-state index in [0.29, 0.717) is 0 Å². The fourth-order valence-corrected chi connectivity index (χ4v) is 4.10. The van der Waals surface area contributed by atoms with Crippen molar-refractivity contribution in [2.45, 2.75) is 19.3 Å². The zero-order chi connectivity index (χ0) is 13.7. The monoisotopic (exact) mass is 285 g/mol. The Morgan fingerprint density at radius 1 is 1.35 bits per heavy atom. The lowest BCUT2D eigenvalue weighted by atomic mass is 10.1.